The SMILES string of the molecule is Cc1cc(C(C)N2CCc3ccccc3C2)c(C)s1. The monoisotopic (exact) mass is 271 g/mol. The Labute approximate surface area is 119 Å². The van der Waals surface area contributed by atoms with Crippen molar-refractivity contribution in [2.24, 2.45) is 0 Å². The third kappa shape index (κ3) is 2.47. The van der Waals surface area contributed by atoms with Crippen molar-refractivity contribution in [3.8, 4) is 0 Å². The standard InChI is InChI=1S/C17H21NS/c1-12-10-17(14(3)19-12)13(2)18-9-8-15-6-4-5-7-16(15)11-18/h4-7,10,13H,8-9,11H2,1-3H3. The Kier molecular flexibility index (Phi) is 3.46. The molecule has 2 heterocycles. The smallest absolute Gasteiger partial charge is 0.0334 e. The lowest BCUT2D eigenvalue weighted by Gasteiger charge is -2.34. The van der Waals surface area contributed by atoms with E-state index in [-0.39, 0.29) is 0 Å². The molecule has 0 bridgehead atoms. The third-order valence-corrected chi connectivity index (χ3v) is 5.22. The molecule has 19 heavy (non-hydrogen) atoms. The van der Waals surface area contributed by atoms with E-state index in [1.54, 1.807) is 0 Å². The lowest BCUT2D eigenvalue weighted by atomic mass is 9.97. The summed E-state index contributed by atoms with van der Waals surface area (Å²) in [5, 5.41) is 0. The van der Waals surface area contributed by atoms with Crippen LogP contribution >= 0.6 is 11.3 Å². The van der Waals surface area contributed by atoms with Crippen LogP contribution in [0.4, 0.5) is 0 Å². The van der Waals surface area contributed by atoms with Gasteiger partial charge in [-0.1, -0.05) is 24.3 Å². The van der Waals surface area contributed by atoms with Crippen LogP contribution in [0.2, 0.25) is 0 Å². The maximum atomic E-state index is 2.61. The number of hydrogen-bond acceptors (Lipinski definition) is 2. The minimum atomic E-state index is 0.526. The zero-order valence-corrected chi connectivity index (χ0v) is 12.8. The van der Waals surface area contributed by atoms with Crippen molar-refractivity contribution in [1.29, 1.82) is 0 Å². The van der Waals surface area contributed by atoms with Crippen LogP contribution in [0, 0.1) is 13.8 Å². The van der Waals surface area contributed by atoms with Gasteiger partial charge in [-0.05, 0) is 49.9 Å². The maximum absolute atomic E-state index is 2.61. The Morgan fingerprint density at radius 3 is 2.58 bits per heavy atom. The minimum Gasteiger partial charge on any atom is -0.292 e. The normalized spacial score (nSPS) is 17.2. The van der Waals surface area contributed by atoms with Crippen molar-refractivity contribution < 1.29 is 0 Å². The molecule has 3 rings (SSSR count). The molecule has 2 heteroatoms. The van der Waals surface area contributed by atoms with Gasteiger partial charge in [-0.15, -0.1) is 11.3 Å². The third-order valence-electron chi connectivity index (χ3n) is 4.24. The number of hydrogen-bond donors (Lipinski definition) is 0. The first-order chi connectivity index (χ1) is 9.15. The van der Waals surface area contributed by atoms with Crippen LogP contribution in [-0.2, 0) is 13.0 Å². The average Bonchev–Trinajstić information content (AvgIpc) is 2.76. The summed E-state index contributed by atoms with van der Waals surface area (Å²) in [6.45, 7) is 9.07. The van der Waals surface area contributed by atoms with Crippen LogP contribution in [-0.4, -0.2) is 11.4 Å². The van der Waals surface area contributed by atoms with Crippen molar-refractivity contribution in [2.75, 3.05) is 6.54 Å². The number of fused-ring (bicyclic) bond motifs is 1. The molecule has 0 spiro atoms. The number of benzene rings is 1. The second-order valence-corrected chi connectivity index (χ2v) is 6.99. The van der Waals surface area contributed by atoms with Crippen LogP contribution < -0.4 is 0 Å². The van der Waals surface area contributed by atoms with Gasteiger partial charge in [-0.25, -0.2) is 0 Å². The maximum Gasteiger partial charge on any atom is 0.0334 e. The summed E-state index contributed by atoms with van der Waals surface area (Å²) in [6.07, 6.45) is 1.18. The molecule has 0 N–H and O–H groups in total. The van der Waals surface area contributed by atoms with E-state index in [0.717, 1.165) is 6.54 Å². The summed E-state index contributed by atoms with van der Waals surface area (Å²) in [5.74, 6) is 0. The number of thiophene rings is 1. The zero-order chi connectivity index (χ0) is 13.4. The molecule has 2 aromatic rings. The Morgan fingerprint density at radius 1 is 1.16 bits per heavy atom. The summed E-state index contributed by atoms with van der Waals surface area (Å²) >= 11 is 1.92. The Balaban J connectivity index is 1.83. The van der Waals surface area contributed by atoms with Crippen molar-refractivity contribution in [2.45, 2.75) is 39.8 Å². The zero-order valence-electron chi connectivity index (χ0n) is 11.9. The van der Waals surface area contributed by atoms with Crippen LogP contribution in [0.5, 0.6) is 0 Å². The summed E-state index contributed by atoms with van der Waals surface area (Å²) in [5.41, 5.74) is 4.55. The summed E-state index contributed by atoms with van der Waals surface area (Å²) < 4.78 is 0. The van der Waals surface area contributed by atoms with Gasteiger partial charge in [0.15, 0.2) is 0 Å². The van der Waals surface area contributed by atoms with Gasteiger partial charge in [0, 0.05) is 28.9 Å². The topological polar surface area (TPSA) is 3.24 Å². The van der Waals surface area contributed by atoms with E-state index in [1.165, 1.54) is 39.4 Å². The molecule has 1 aromatic heterocycles. The number of aryl methyl sites for hydroxylation is 2. The highest BCUT2D eigenvalue weighted by molar-refractivity contribution is 7.12. The molecular weight excluding hydrogens is 250 g/mol. The van der Waals surface area contributed by atoms with Crippen LogP contribution in [0.15, 0.2) is 30.3 Å². The molecule has 1 atom stereocenters. The second-order valence-electron chi connectivity index (χ2n) is 5.53. The molecule has 0 aliphatic carbocycles. The molecule has 1 unspecified atom stereocenters. The molecule has 0 fully saturated rings. The fourth-order valence-corrected chi connectivity index (χ4v) is 4.13. The van der Waals surface area contributed by atoms with Gasteiger partial charge in [0.05, 0.1) is 0 Å². The molecule has 0 saturated heterocycles. The largest absolute Gasteiger partial charge is 0.292 e. The second kappa shape index (κ2) is 5.10. The van der Waals surface area contributed by atoms with E-state index in [4.69, 9.17) is 0 Å². The van der Waals surface area contributed by atoms with Crippen molar-refractivity contribution >= 4 is 11.3 Å². The van der Waals surface area contributed by atoms with E-state index in [2.05, 4.69) is 56.0 Å². The lowest BCUT2D eigenvalue weighted by Crippen LogP contribution is -2.32. The van der Waals surface area contributed by atoms with Crippen molar-refractivity contribution in [3.63, 3.8) is 0 Å². The van der Waals surface area contributed by atoms with Crippen molar-refractivity contribution in [1.82, 2.24) is 4.90 Å². The quantitative estimate of drug-likeness (QED) is 0.778. The Hall–Kier alpha value is -1.12. The van der Waals surface area contributed by atoms with Gasteiger partial charge in [0.25, 0.3) is 0 Å². The van der Waals surface area contributed by atoms with E-state index < -0.39 is 0 Å². The number of nitrogens with zero attached hydrogens (tertiary/aromatic N) is 1. The first-order valence-electron chi connectivity index (χ1n) is 7.03. The fourth-order valence-electron chi connectivity index (χ4n) is 3.11. The highest BCUT2D eigenvalue weighted by atomic mass is 32.1. The van der Waals surface area contributed by atoms with Crippen molar-refractivity contribution in [3.05, 3.63) is 56.8 Å². The van der Waals surface area contributed by atoms with Gasteiger partial charge < -0.3 is 0 Å². The van der Waals surface area contributed by atoms with Gasteiger partial charge in [-0.3, -0.25) is 4.90 Å². The van der Waals surface area contributed by atoms with E-state index in [9.17, 15) is 0 Å². The molecular formula is C17H21NS. The summed E-state index contributed by atoms with van der Waals surface area (Å²) in [7, 11) is 0. The average molecular weight is 271 g/mol. The minimum absolute atomic E-state index is 0.526. The molecule has 1 aliphatic heterocycles. The first kappa shape index (κ1) is 12.9. The fraction of sp³-hybridized carbons (Fsp3) is 0.412. The van der Waals surface area contributed by atoms with E-state index in [1.807, 2.05) is 11.3 Å². The van der Waals surface area contributed by atoms with Crippen LogP contribution in [0.3, 0.4) is 0 Å². The van der Waals surface area contributed by atoms with Gasteiger partial charge >= 0.3 is 0 Å². The predicted molar refractivity (Wildman–Crippen MR) is 82.8 cm³/mol. The Bertz CT molecular complexity index is 585. The molecule has 1 aliphatic rings. The molecule has 0 saturated carbocycles. The van der Waals surface area contributed by atoms with Gasteiger partial charge in [0.1, 0.15) is 0 Å². The predicted octanol–water partition coefficient (Wildman–Crippen LogP) is 4.48. The van der Waals surface area contributed by atoms with Crippen LogP contribution in [0.1, 0.15) is 39.4 Å². The van der Waals surface area contributed by atoms with Gasteiger partial charge in [-0.2, -0.15) is 0 Å². The van der Waals surface area contributed by atoms with E-state index in [0.29, 0.717) is 6.04 Å². The van der Waals surface area contributed by atoms with Crippen LogP contribution in [0.25, 0.3) is 0 Å². The first-order valence-corrected chi connectivity index (χ1v) is 7.84. The molecule has 1 nitrogen and oxygen atoms in total. The Morgan fingerprint density at radius 2 is 1.89 bits per heavy atom. The molecule has 1 aromatic carbocycles. The molecule has 100 valence electrons. The van der Waals surface area contributed by atoms with E-state index >= 15 is 0 Å². The summed E-state index contributed by atoms with van der Waals surface area (Å²) in [4.78, 5) is 5.51. The number of rotatable bonds is 2. The highest BCUT2D eigenvalue weighted by Crippen LogP contribution is 2.32. The summed E-state index contributed by atoms with van der Waals surface area (Å²) in [6, 6.07) is 11.8. The van der Waals surface area contributed by atoms with Gasteiger partial charge in [0.2, 0.25) is 0 Å². The molecule has 0 radical (unpaired) electrons. The molecule has 0 amide bonds. The lowest BCUT2D eigenvalue weighted by molar-refractivity contribution is 0.192. The highest BCUT2D eigenvalue weighted by Gasteiger charge is 2.23.